The van der Waals surface area contributed by atoms with Gasteiger partial charge >= 0.3 is 0 Å². The second kappa shape index (κ2) is 3.91. The smallest absolute Gasteiger partial charge is 0.249 e. The molecule has 2 aromatic heterocycles. The van der Waals surface area contributed by atoms with Crippen LogP contribution in [0.3, 0.4) is 0 Å². The number of hydrogen-bond acceptors (Lipinski definition) is 4. The van der Waals surface area contributed by atoms with E-state index in [-0.39, 0.29) is 4.21 Å². The third kappa shape index (κ3) is 1.92. The van der Waals surface area contributed by atoms with Crippen LogP contribution in [-0.2, 0) is 10.0 Å². The molecule has 0 fully saturated rings. The van der Waals surface area contributed by atoms with Crippen LogP contribution in [0.15, 0.2) is 46.9 Å². The molecule has 1 aromatic carbocycles. The number of primary sulfonamides is 1. The van der Waals surface area contributed by atoms with E-state index in [0.717, 1.165) is 22.6 Å². The minimum Gasteiger partial charge on any atom is -0.296 e. The van der Waals surface area contributed by atoms with E-state index in [1.165, 1.54) is 6.20 Å². The van der Waals surface area contributed by atoms with E-state index >= 15 is 0 Å². The summed E-state index contributed by atoms with van der Waals surface area (Å²) in [5, 5.41) is 5.07. The lowest BCUT2D eigenvalue weighted by molar-refractivity contribution is 0.599. The molecule has 3 aromatic rings. The van der Waals surface area contributed by atoms with Gasteiger partial charge in [0.05, 0.1) is 5.69 Å². The molecule has 5 nitrogen and oxygen atoms in total. The molecule has 0 atom stereocenters. The maximum Gasteiger partial charge on any atom is 0.249 e. The highest BCUT2D eigenvalue weighted by molar-refractivity contribution is 7.91. The van der Waals surface area contributed by atoms with Crippen LogP contribution in [0.5, 0.6) is 0 Å². The molecule has 0 radical (unpaired) electrons. The third-order valence-corrected chi connectivity index (χ3v) is 4.89. The number of hydrogen-bond donors (Lipinski definition) is 1. The zero-order valence-corrected chi connectivity index (χ0v) is 10.8. The molecule has 18 heavy (non-hydrogen) atoms. The van der Waals surface area contributed by atoms with E-state index in [1.807, 2.05) is 30.3 Å². The lowest BCUT2D eigenvalue weighted by atomic mass is 10.2. The first-order chi connectivity index (χ1) is 8.54. The van der Waals surface area contributed by atoms with Crippen molar-refractivity contribution in [2.75, 3.05) is 0 Å². The van der Waals surface area contributed by atoms with Crippen molar-refractivity contribution in [1.82, 2.24) is 9.38 Å². The van der Waals surface area contributed by atoms with Crippen LogP contribution in [0.25, 0.3) is 16.2 Å². The predicted molar refractivity (Wildman–Crippen MR) is 69.9 cm³/mol. The minimum atomic E-state index is -3.65. The molecule has 0 aliphatic carbocycles. The summed E-state index contributed by atoms with van der Waals surface area (Å²) in [6, 6.07) is 9.69. The number of nitrogens with two attached hydrogens (primary N) is 1. The lowest BCUT2D eigenvalue weighted by Crippen LogP contribution is -2.10. The fourth-order valence-corrected chi connectivity index (χ4v) is 3.30. The van der Waals surface area contributed by atoms with Gasteiger partial charge in [0.2, 0.25) is 10.0 Å². The van der Waals surface area contributed by atoms with E-state index in [4.69, 9.17) is 5.14 Å². The highest BCUT2D eigenvalue weighted by atomic mass is 32.2. The van der Waals surface area contributed by atoms with Crippen LogP contribution in [0.4, 0.5) is 0 Å². The zero-order valence-electron chi connectivity index (χ0n) is 9.15. The predicted octanol–water partition coefficient (Wildman–Crippen LogP) is 1.71. The highest BCUT2D eigenvalue weighted by Gasteiger charge is 2.14. The molecule has 0 aliphatic rings. The molecule has 92 valence electrons. The monoisotopic (exact) mass is 279 g/mol. The van der Waals surface area contributed by atoms with Gasteiger partial charge in [0.25, 0.3) is 0 Å². The Kier molecular flexibility index (Phi) is 2.47. The molecular weight excluding hydrogens is 270 g/mol. The van der Waals surface area contributed by atoms with Crippen molar-refractivity contribution in [2.45, 2.75) is 4.21 Å². The maximum atomic E-state index is 11.2. The summed E-state index contributed by atoms with van der Waals surface area (Å²) in [4.78, 5) is 4.99. The number of aromatic nitrogens is 2. The number of thiazole rings is 1. The Balaban J connectivity index is 2.12. The Morgan fingerprint density at radius 1 is 1.17 bits per heavy atom. The average Bonchev–Trinajstić information content (AvgIpc) is 2.86. The van der Waals surface area contributed by atoms with Gasteiger partial charge in [0.15, 0.2) is 9.17 Å². The van der Waals surface area contributed by atoms with Crippen LogP contribution in [-0.4, -0.2) is 17.8 Å². The van der Waals surface area contributed by atoms with Gasteiger partial charge in [-0.05, 0) is 0 Å². The lowest BCUT2D eigenvalue weighted by Gasteiger charge is -1.93. The summed E-state index contributed by atoms with van der Waals surface area (Å²) < 4.78 is 24.2. The fraction of sp³-hybridized carbons (Fsp3) is 0. The summed E-state index contributed by atoms with van der Waals surface area (Å²) in [6.07, 6.45) is 3.27. The second-order valence-corrected chi connectivity index (χ2v) is 6.57. The summed E-state index contributed by atoms with van der Waals surface area (Å²) >= 11 is 1.06. The largest absolute Gasteiger partial charge is 0.296 e. The van der Waals surface area contributed by atoms with Crippen molar-refractivity contribution in [3.05, 3.63) is 42.7 Å². The average molecular weight is 279 g/mol. The number of nitrogens with zero attached hydrogens (tertiary/aromatic N) is 2. The molecule has 2 heterocycles. The number of benzene rings is 1. The van der Waals surface area contributed by atoms with Gasteiger partial charge in [-0.3, -0.25) is 4.40 Å². The van der Waals surface area contributed by atoms with Crippen LogP contribution in [0.1, 0.15) is 0 Å². The fourth-order valence-electron chi connectivity index (χ4n) is 1.65. The number of imidazole rings is 1. The van der Waals surface area contributed by atoms with Crippen molar-refractivity contribution in [3.8, 4) is 11.3 Å². The first kappa shape index (κ1) is 11.4. The topological polar surface area (TPSA) is 77.5 Å². The summed E-state index contributed by atoms with van der Waals surface area (Å²) in [7, 11) is -3.65. The molecule has 3 rings (SSSR count). The Bertz CT molecular complexity index is 772. The summed E-state index contributed by atoms with van der Waals surface area (Å²) in [5.41, 5.74) is 1.80. The molecule has 0 spiro atoms. The molecule has 0 saturated heterocycles. The van der Waals surface area contributed by atoms with Crippen molar-refractivity contribution in [1.29, 1.82) is 0 Å². The third-order valence-electron chi connectivity index (χ3n) is 2.48. The normalized spacial score (nSPS) is 12.1. The zero-order chi connectivity index (χ0) is 12.8. The van der Waals surface area contributed by atoms with E-state index in [1.54, 1.807) is 10.6 Å². The van der Waals surface area contributed by atoms with Crippen LogP contribution >= 0.6 is 11.3 Å². The summed E-state index contributed by atoms with van der Waals surface area (Å²) in [6.45, 7) is 0. The Hall–Kier alpha value is -1.70. The van der Waals surface area contributed by atoms with Gasteiger partial charge in [0, 0.05) is 18.0 Å². The molecule has 0 aliphatic heterocycles. The first-order valence-electron chi connectivity index (χ1n) is 5.11. The Morgan fingerprint density at radius 2 is 1.89 bits per heavy atom. The van der Waals surface area contributed by atoms with E-state index in [9.17, 15) is 8.42 Å². The van der Waals surface area contributed by atoms with Gasteiger partial charge in [-0.25, -0.2) is 18.5 Å². The van der Waals surface area contributed by atoms with Crippen molar-refractivity contribution in [2.24, 2.45) is 5.14 Å². The minimum absolute atomic E-state index is 0.115. The molecule has 7 heteroatoms. The standard InChI is InChI=1S/C11H9N3O2S2/c12-18(15,16)10-7-14-6-9(13-11(14)17-10)8-4-2-1-3-5-8/h1-7H,(H2,12,15,16). The Morgan fingerprint density at radius 3 is 2.50 bits per heavy atom. The van der Waals surface area contributed by atoms with Gasteiger partial charge < -0.3 is 0 Å². The Labute approximate surface area is 108 Å². The van der Waals surface area contributed by atoms with Crippen LogP contribution in [0, 0.1) is 0 Å². The number of sulfonamides is 1. The van der Waals surface area contributed by atoms with Gasteiger partial charge in [-0.15, -0.1) is 0 Å². The molecule has 0 amide bonds. The first-order valence-corrected chi connectivity index (χ1v) is 7.47. The van der Waals surface area contributed by atoms with Crippen molar-refractivity contribution in [3.63, 3.8) is 0 Å². The number of fused-ring (bicyclic) bond motifs is 1. The molecular formula is C11H9N3O2S2. The van der Waals surface area contributed by atoms with E-state index < -0.39 is 10.0 Å². The maximum absolute atomic E-state index is 11.2. The molecule has 0 saturated carbocycles. The van der Waals surface area contributed by atoms with Gasteiger partial charge in [-0.1, -0.05) is 41.7 Å². The number of rotatable bonds is 2. The molecule has 2 N–H and O–H groups in total. The quantitative estimate of drug-likeness (QED) is 0.775. The van der Waals surface area contributed by atoms with E-state index in [0.29, 0.717) is 4.96 Å². The summed E-state index contributed by atoms with van der Waals surface area (Å²) in [5.74, 6) is 0. The van der Waals surface area contributed by atoms with Gasteiger partial charge in [-0.2, -0.15) is 0 Å². The van der Waals surface area contributed by atoms with Crippen LogP contribution < -0.4 is 5.14 Å². The molecule has 0 bridgehead atoms. The second-order valence-electron chi connectivity index (χ2n) is 3.78. The van der Waals surface area contributed by atoms with Crippen LogP contribution in [0.2, 0.25) is 0 Å². The van der Waals surface area contributed by atoms with Gasteiger partial charge in [0.1, 0.15) is 0 Å². The SMILES string of the molecule is NS(=O)(=O)c1cn2cc(-c3ccccc3)nc2s1. The molecule has 0 unspecified atom stereocenters. The van der Waals surface area contributed by atoms with Crippen molar-refractivity contribution < 1.29 is 8.42 Å². The highest BCUT2D eigenvalue weighted by Crippen LogP contribution is 2.25. The van der Waals surface area contributed by atoms with Crippen molar-refractivity contribution >= 4 is 26.3 Å². The van der Waals surface area contributed by atoms with E-state index in [2.05, 4.69) is 4.98 Å².